The number of fused-ring (bicyclic) bond motifs is 1. The van der Waals surface area contributed by atoms with Crippen molar-refractivity contribution in [3.63, 3.8) is 0 Å². The molecule has 0 aromatic carbocycles. The molecule has 0 unspecified atom stereocenters. The Balaban J connectivity index is 1.71. The van der Waals surface area contributed by atoms with E-state index in [1.165, 1.54) is 27.5 Å². The Bertz CT molecular complexity index is 890. The second-order valence-electron chi connectivity index (χ2n) is 7.08. The van der Waals surface area contributed by atoms with Gasteiger partial charge in [0.1, 0.15) is 11.6 Å². The summed E-state index contributed by atoms with van der Waals surface area (Å²) in [5.74, 6) is -0.159. The van der Waals surface area contributed by atoms with Crippen LogP contribution < -0.4 is 5.56 Å². The monoisotopic (exact) mass is 347 g/mol. The molecule has 1 aliphatic rings. The summed E-state index contributed by atoms with van der Waals surface area (Å²) in [7, 11) is 0. The molecular weight excluding hydrogens is 326 g/mol. The highest BCUT2D eigenvalue weighted by Crippen LogP contribution is 2.59. The minimum atomic E-state index is -0.260. The lowest BCUT2D eigenvalue weighted by molar-refractivity contribution is -0.147. The van der Waals surface area contributed by atoms with Crippen LogP contribution in [0.5, 0.6) is 0 Å². The number of ether oxygens (including phenoxy) is 1. The second-order valence-corrected chi connectivity index (χ2v) is 8.24. The van der Waals surface area contributed by atoms with Gasteiger partial charge >= 0.3 is 5.97 Å². The van der Waals surface area contributed by atoms with Gasteiger partial charge in [-0.1, -0.05) is 36.8 Å². The summed E-state index contributed by atoms with van der Waals surface area (Å²) in [5, 5.41) is 4.85. The Labute approximate surface area is 144 Å². The minimum Gasteiger partial charge on any atom is -0.459 e. The summed E-state index contributed by atoms with van der Waals surface area (Å²) in [6.45, 7) is 10.0. The van der Waals surface area contributed by atoms with Gasteiger partial charge < -0.3 is 4.74 Å². The maximum atomic E-state index is 12.4. The first kappa shape index (κ1) is 16.8. The average Bonchev–Trinajstić information content (AvgIpc) is 2.81. The molecular formula is C17H21N3O3S. The molecule has 2 heterocycles. The highest BCUT2D eigenvalue weighted by Gasteiger charge is 2.61. The van der Waals surface area contributed by atoms with E-state index >= 15 is 0 Å². The standard InChI is InChI=1S/C17H21N3O3S/c1-9(2)6-12-14(17(12,4)5)15(22)23-8-11-7-13(21)20-16(18-11)24-10(3)19-20/h6-7,12,14H,8H2,1-5H3/t12-,14+/m1/s1. The zero-order valence-electron chi connectivity index (χ0n) is 14.5. The number of rotatable bonds is 4. The van der Waals surface area contributed by atoms with Crippen molar-refractivity contribution in [2.24, 2.45) is 17.3 Å². The van der Waals surface area contributed by atoms with E-state index in [1.54, 1.807) is 0 Å². The summed E-state index contributed by atoms with van der Waals surface area (Å²) in [6, 6.07) is 1.37. The Hall–Kier alpha value is -2.02. The third kappa shape index (κ3) is 3.00. The van der Waals surface area contributed by atoms with Crippen molar-refractivity contribution in [1.82, 2.24) is 14.6 Å². The minimum absolute atomic E-state index is 0.00957. The number of aromatic nitrogens is 3. The van der Waals surface area contributed by atoms with E-state index in [9.17, 15) is 9.59 Å². The van der Waals surface area contributed by atoms with Gasteiger partial charge in [0.15, 0.2) is 0 Å². The van der Waals surface area contributed by atoms with Crippen LogP contribution >= 0.6 is 11.3 Å². The van der Waals surface area contributed by atoms with Gasteiger partial charge in [-0.25, -0.2) is 4.98 Å². The molecule has 2 atom stereocenters. The molecule has 7 heteroatoms. The Morgan fingerprint density at radius 3 is 2.83 bits per heavy atom. The molecule has 0 spiro atoms. The summed E-state index contributed by atoms with van der Waals surface area (Å²) in [6.07, 6.45) is 2.13. The topological polar surface area (TPSA) is 73.6 Å². The first-order valence-corrected chi connectivity index (χ1v) is 8.70. The summed E-state index contributed by atoms with van der Waals surface area (Å²) in [4.78, 5) is 29.2. The lowest BCUT2D eigenvalue weighted by Gasteiger charge is -2.05. The number of aryl methyl sites for hydroxylation is 1. The van der Waals surface area contributed by atoms with Gasteiger partial charge in [-0.05, 0) is 32.1 Å². The van der Waals surface area contributed by atoms with E-state index in [0.717, 1.165) is 5.01 Å². The maximum absolute atomic E-state index is 12.4. The molecule has 0 aliphatic heterocycles. The van der Waals surface area contributed by atoms with Gasteiger partial charge in [-0.15, -0.1) is 0 Å². The van der Waals surface area contributed by atoms with Gasteiger partial charge in [-0.3, -0.25) is 9.59 Å². The zero-order chi connectivity index (χ0) is 17.6. The van der Waals surface area contributed by atoms with Crippen molar-refractivity contribution >= 4 is 22.3 Å². The fourth-order valence-electron chi connectivity index (χ4n) is 3.06. The third-order valence-corrected chi connectivity index (χ3v) is 5.26. The molecule has 1 aliphatic carbocycles. The van der Waals surface area contributed by atoms with E-state index in [0.29, 0.717) is 10.7 Å². The number of hydrogen-bond donors (Lipinski definition) is 0. The van der Waals surface area contributed by atoms with Crippen molar-refractivity contribution in [2.45, 2.75) is 41.2 Å². The molecule has 0 bridgehead atoms. The van der Waals surface area contributed by atoms with E-state index in [2.05, 4.69) is 30.0 Å². The van der Waals surface area contributed by atoms with Crippen LogP contribution in [0, 0.1) is 24.2 Å². The summed E-state index contributed by atoms with van der Waals surface area (Å²) in [5.41, 5.74) is 1.31. The predicted octanol–water partition coefficient (Wildman–Crippen LogP) is 2.74. The molecule has 2 aromatic rings. The number of nitrogens with zero attached hydrogens (tertiary/aromatic N) is 3. The quantitative estimate of drug-likeness (QED) is 0.628. The highest BCUT2D eigenvalue weighted by atomic mass is 32.1. The van der Waals surface area contributed by atoms with Gasteiger partial charge in [0.2, 0.25) is 4.96 Å². The van der Waals surface area contributed by atoms with Crippen LogP contribution in [0.3, 0.4) is 0 Å². The predicted molar refractivity (Wildman–Crippen MR) is 91.9 cm³/mol. The van der Waals surface area contributed by atoms with Gasteiger partial charge in [0.25, 0.3) is 5.56 Å². The SMILES string of the molecule is CC(C)=C[C@@H]1[C@@H](C(=O)OCc2cc(=O)n3nc(C)sc3n2)C1(C)C. The van der Waals surface area contributed by atoms with Crippen LogP contribution in [0.2, 0.25) is 0 Å². The molecule has 6 nitrogen and oxygen atoms in total. The van der Waals surface area contributed by atoms with Gasteiger partial charge in [0, 0.05) is 6.07 Å². The highest BCUT2D eigenvalue weighted by molar-refractivity contribution is 7.16. The van der Waals surface area contributed by atoms with E-state index in [4.69, 9.17) is 4.74 Å². The molecule has 24 heavy (non-hydrogen) atoms. The lowest BCUT2D eigenvalue weighted by atomic mass is 10.1. The van der Waals surface area contributed by atoms with Crippen molar-refractivity contribution in [1.29, 1.82) is 0 Å². The Kier molecular flexibility index (Phi) is 4.07. The Morgan fingerprint density at radius 2 is 2.17 bits per heavy atom. The number of esters is 1. The number of carbonyl (C=O) groups excluding carboxylic acids is 1. The largest absolute Gasteiger partial charge is 0.459 e. The van der Waals surface area contributed by atoms with Crippen LogP contribution in [0.25, 0.3) is 4.96 Å². The first-order valence-electron chi connectivity index (χ1n) is 7.88. The van der Waals surface area contributed by atoms with Gasteiger partial charge in [0.05, 0.1) is 11.6 Å². The summed E-state index contributed by atoms with van der Waals surface area (Å²) < 4.78 is 6.68. The van der Waals surface area contributed by atoms with Crippen LogP contribution in [0.4, 0.5) is 0 Å². The van der Waals surface area contributed by atoms with E-state index < -0.39 is 0 Å². The van der Waals surface area contributed by atoms with Crippen molar-refractivity contribution in [3.8, 4) is 0 Å². The average molecular weight is 347 g/mol. The van der Waals surface area contributed by atoms with Gasteiger partial charge in [-0.2, -0.15) is 9.61 Å². The van der Waals surface area contributed by atoms with Crippen molar-refractivity contribution in [3.05, 3.63) is 38.8 Å². The third-order valence-electron chi connectivity index (χ3n) is 4.44. The van der Waals surface area contributed by atoms with E-state index in [1.807, 2.05) is 20.8 Å². The van der Waals surface area contributed by atoms with Crippen LogP contribution in [-0.2, 0) is 16.1 Å². The molecule has 0 N–H and O–H groups in total. The zero-order valence-corrected chi connectivity index (χ0v) is 15.3. The molecule has 0 saturated heterocycles. The second kappa shape index (κ2) is 5.81. The fourth-order valence-corrected chi connectivity index (χ4v) is 3.83. The number of carbonyl (C=O) groups is 1. The van der Waals surface area contributed by atoms with Crippen LogP contribution in [0.15, 0.2) is 22.5 Å². The molecule has 0 radical (unpaired) electrons. The van der Waals surface area contributed by atoms with Crippen LogP contribution in [0.1, 0.15) is 38.4 Å². The molecule has 1 fully saturated rings. The normalized spacial score (nSPS) is 21.5. The number of hydrogen-bond acceptors (Lipinski definition) is 6. The fraction of sp³-hybridized carbons (Fsp3) is 0.529. The van der Waals surface area contributed by atoms with Crippen molar-refractivity contribution in [2.75, 3.05) is 0 Å². The summed E-state index contributed by atoms with van der Waals surface area (Å²) >= 11 is 1.33. The lowest BCUT2D eigenvalue weighted by Crippen LogP contribution is -2.17. The smallest absolute Gasteiger partial charge is 0.310 e. The van der Waals surface area contributed by atoms with E-state index in [-0.39, 0.29) is 35.4 Å². The van der Waals surface area contributed by atoms with Crippen LogP contribution in [-0.4, -0.2) is 20.6 Å². The molecule has 3 rings (SSSR count). The number of allylic oxidation sites excluding steroid dienone is 2. The van der Waals surface area contributed by atoms with Crippen molar-refractivity contribution < 1.29 is 9.53 Å². The first-order chi connectivity index (χ1) is 11.2. The maximum Gasteiger partial charge on any atom is 0.310 e. The molecule has 1 saturated carbocycles. The Morgan fingerprint density at radius 1 is 1.46 bits per heavy atom. The molecule has 128 valence electrons. The molecule has 0 amide bonds. The molecule has 2 aromatic heterocycles.